The Morgan fingerprint density at radius 1 is 1.39 bits per heavy atom. The second-order valence-electron chi connectivity index (χ2n) is 4.36. The maximum Gasteiger partial charge on any atom is 0.229 e. The Labute approximate surface area is 103 Å². The number of fused-ring (bicyclic) bond motifs is 1. The van der Waals surface area contributed by atoms with Crippen LogP contribution in [0.3, 0.4) is 0 Å². The summed E-state index contributed by atoms with van der Waals surface area (Å²) in [5.74, 6) is -0.304. The van der Waals surface area contributed by atoms with E-state index < -0.39 is 0 Å². The lowest BCUT2D eigenvalue weighted by atomic mass is 10.1. The number of anilines is 1. The van der Waals surface area contributed by atoms with Crippen LogP contribution in [-0.2, 0) is 4.79 Å². The SMILES string of the molecule is O=C(Nc1n[nH]c2cccc(F)c12)C1CC=CC1. The van der Waals surface area contributed by atoms with E-state index in [1.807, 2.05) is 12.2 Å². The normalized spacial score (nSPS) is 15.4. The Hall–Kier alpha value is -2.17. The number of benzene rings is 1. The fourth-order valence-electron chi connectivity index (χ4n) is 2.17. The van der Waals surface area contributed by atoms with Crippen LogP contribution in [0.2, 0.25) is 0 Å². The number of aromatic amines is 1. The Bertz CT molecular complexity index is 624. The minimum atomic E-state index is -0.388. The molecule has 0 saturated carbocycles. The van der Waals surface area contributed by atoms with Gasteiger partial charge < -0.3 is 5.32 Å². The van der Waals surface area contributed by atoms with Crippen molar-refractivity contribution in [3.05, 3.63) is 36.2 Å². The van der Waals surface area contributed by atoms with Crippen molar-refractivity contribution in [3.8, 4) is 0 Å². The number of amides is 1. The van der Waals surface area contributed by atoms with Crippen molar-refractivity contribution in [2.24, 2.45) is 5.92 Å². The molecule has 1 aliphatic rings. The van der Waals surface area contributed by atoms with Crippen molar-refractivity contribution in [3.63, 3.8) is 0 Å². The molecule has 1 heterocycles. The van der Waals surface area contributed by atoms with Gasteiger partial charge >= 0.3 is 0 Å². The van der Waals surface area contributed by atoms with Crippen molar-refractivity contribution < 1.29 is 9.18 Å². The third kappa shape index (κ3) is 1.77. The van der Waals surface area contributed by atoms with Crippen LogP contribution in [0.25, 0.3) is 10.9 Å². The topological polar surface area (TPSA) is 57.8 Å². The van der Waals surface area contributed by atoms with Gasteiger partial charge in [0.2, 0.25) is 5.91 Å². The van der Waals surface area contributed by atoms with E-state index in [0.717, 1.165) is 12.8 Å². The third-order valence-electron chi connectivity index (χ3n) is 3.16. The van der Waals surface area contributed by atoms with Crippen LogP contribution in [0.1, 0.15) is 12.8 Å². The van der Waals surface area contributed by atoms with Gasteiger partial charge in [0.1, 0.15) is 5.82 Å². The number of H-pyrrole nitrogens is 1. The quantitative estimate of drug-likeness (QED) is 0.799. The molecule has 4 nitrogen and oxygen atoms in total. The van der Waals surface area contributed by atoms with Gasteiger partial charge in [-0.1, -0.05) is 18.2 Å². The smallest absolute Gasteiger partial charge is 0.229 e. The number of rotatable bonds is 2. The summed E-state index contributed by atoms with van der Waals surface area (Å²) < 4.78 is 13.7. The molecular formula is C13H12FN3O. The molecule has 18 heavy (non-hydrogen) atoms. The number of allylic oxidation sites excluding steroid dienone is 2. The van der Waals surface area contributed by atoms with E-state index in [2.05, 4.69) is 15.5 Å². The molecule has 0 bridgehead atoms. The highest BCUT2D eigenvalue weighted by Crippen LogP contribution is 2.25. The number of nitrogens with one attached hydrogen (secondary N) is 2. The van der Waals surface area contributed by atoms with Crippen molar-refractivity contribution in [1.29, 1.82) is 0 Å². The van der Waals surface area contributed by atoms with Crippen molar-refractivity contribution in [2.45, 2.75) is 12.8 Å². The molecule has 0 saturated heterocycles. The first-order valence-electron chi connectivity index (χ1n) is 5.84. The molecular weight excluding hydrogens is 233 g/mol. The molecule has 1 aliphatic carbocycles. The molecule has 1 aromatic heterocycles. The minimum absolute atomic E-state index is 0.0662. The van der Waals surface area contributed by atoms with Gasteiger partial charge in [-0.25, -0.2) is 4.39 Å². The monoisotopic (exact) mass is 245 g/mol. The lowest BCUT2D eigenvalue weighted by molar-refractivity contribution is -0.119. The lowest BCUT2D eigenvalue weighted by Gasteiger charge is -2.08. The van der Waals surface area contributed by atoms with Gasteiger partial charge in [-0.15, -0.1) is 0 Å². The van der Waals surface area contributed by atoms with Crippen LogP contribution >= 0.6 is 0 Å². The fraction of sp³-hybridized carbons (Fsp3) is 0.231. The first kappa shape index (κ1) is 11.0. The number of nitrogens with zero attached hydrogens (tertiary/aromatic N) is 1. The van der Waals surface area contributed by atoms with Crippen molar-refractivity contribution in [1.82, 2.24) is 10.2 Å². The van der Waals surface area contributed by atoms with Gasteiger partial charge in [0, 0.05) is 5.92 Å². The molecule has 1 amide bonds. The van der Waals surface area contributed by atoms with Crippen molar-refractivity contribution >= 4 is 22.6 Å². The average Bonchev–Trinajstić information content (AvgIpc) is 2.99. The molecule has 5 heteroatoms. The van der Waals surface area contributed by atoms with Gasteiger partial charge in [-0.05, 0) is 25.0 Å². The van der Waals surface area contributed by atoms with Gasteiger partial charge in [-0.2, -0.15) is 5.10 Å². The van der Waals surface area contributed by atoms with E-state index in [0.29, 0.717) is 10.9 Å². The number of halogens is 1. The third-order valence-corrected chi connectivity index (χ3v) is 3.16. The van der Waals surface area contributed by atoms with E-state index in [9.17, 15) is 9.18 Å². The molecule has 92 valence electrons. The summed E-state index contributed by atoms with van der Waals surface area (Å²) in [5.41, 5.74) is 0.579. The molecule has 1 aromatic carbocycles. The Balaban J connectivity index is 1.88. The number of hydrogen-bond donors (Lipinski definition) is 2. The van der Waals surface area contributed by atoms with Gasteiger partial charge in [0.15, 0.2) is 5.82 Å². The van der Waals surface area contributed by atoms with Crippen LogP contribution in [0.15, 0.2) is 30.4 Å². The first-order chi connectivity index (χ1) is 8.75. The number of hydrogen-bond acceptors (Lipinski definition) is 2. The highest BCUT2D eigenvalue weighted by atomic mass is 19.1. The van der Waals surface area contributed by atoms with Gasteiger partial charge in [0.05, 0.1) is 10.9 Å². The standard InChI is InChI=1S/C13H12FN3O/c14-9-6-3-7-10-11(9)12(17-16-10)15-13(18)8-4-1-2-5-8/h1-3,6-8H,4-5H2,(H2,15,16,17,18). The summed E-state index contributed by atoms with van der Waals surface area (Å²) in [7, 11) is 0. The molecule has 0 aliphatic heterocycles. The molecule has 0 fully saturated rings. The summed E-state index contributed by atoms with van der Waals surface area (Å²) in [5, 5.41) is 9.67. The van der Waals surface area contributed by atoms with E-state index in [1.54, 1.807) is 12.1 Å². The first-order valence-corrected chi connectivity index (χ1v) is 5.84. The molecule has 2 aromatic rings. The zero-order chi connectivity index (χ0) is 12.5. The highest BCUT2D eigenvalue weighted by Gasteiger charge is 2.21. The second kappa shape index (κ2) is 4.25. The van der Waals surface area contributed by atoms with E-state index >= 15 is 0 Å². The predicted octanol–water partition coefficient (Wildman–Crippen LogP) is 2.61. The Morgan fingerprint density at radius 3 is 2.94 bits per heavy atom. The fourth-order valence-corrected chi connectivity index (χ4v) is 2.17. The Morgan fingerprint density at radius 2 is 2.17 bits per heavy atom. The van der Waals surface area contributed by atoms with Crippen LogP contribution in [0, 0.1) is 11.7 Å². The maximum absolute atomic E-state index is 13.7. The summed E-state index contributed by atoms with van der Waals surface area (Å²) >= 11 is 0. The molecule has 0 radical (unpaired) electrons. The second-order valence-corrected chi connectivity index (χ2v) is 4.36. The largest absolute Gasteiger partial charge is 0.308 e. The van der Waals surface area contributed by atoms with Gasteiger partial charge in [0.25, 0.3) is 0 Å². The van der Waals surface area contributed by atoms with E-state index in [1.165, 1.54) is 6.07 Å². The van der Waals surface area contributed by atoms with E-state index in [-0.39, 0.29) is 23.5 Å². The molecule has 0 unspecified atom stereocenters. The summed E-state index contributed by atoms with van der Waals surface area (Å²) in [6.45, 7) is 0. The molecule has 2 N–H and O–H groups in total. The van der Waals surface area contributed by atoms with Crippen LogP contribution in [0.5, 0.6) is 0 Å². The lowest BCUT2D eigenvalue weighted by Crippen LogP contribution is -2.20. The van der Waals surface area contributed by atoms with E-state index in [4.69, 9.17) is 0 Å². The molecule has 0 spiro atoms. The highest BCUT2D eigenvalue weighted by molar-refractivity contribution is 6.00. The predicted molar refractivity (Wildman–Crippen MR) is 66.5 cm³/mol. The number of aromatic nitrogens is 2. The number of carbonyl (C=O) groups excluding carboxylic acids is 1. The van der Waals surface area contributed by atoms with Gasteiger partial charge in [-0.3, -0.25) is 9.89 Å². The van der Waals surface area contributed by atoms with Crippen LogP contribution < -0.4 is 5.32 Å². The summed E-state index contributed by atoms with van der Waals surface area (Å²) in [4.78, 5) is 11.9. The molecule has 3 rings (SSSR count). The maximum atomic E-state index is 13.7. The summed E-state index contributed by atoms with van der Waals surface area (Å²) in [6.07, 6.45) is 5.42. The summed E-state index contributed by atoms with van der Waals surface area (Å²) in [6, 6.07) is 4.67. The van der Waals surface area contributed by atoms with Crippen molar-refractivity contribution in [2.75, 3.05) is 5.32 Å². The zero-order valence-corrected chi connectivity index (χ0v) is 9.61. The number of carbonyl (C=O) groups is 1. The zero-order valence-electron chi connectivity index (χ0n) is 9.61. The van der Waals surface area contributed by atoms with Crippen LogP contribution in [0.4, 0.5) is 10.2 Å². The Kier molecular flexibility index (Phi) is 2.59. The minimum Gasteiger partial charge on any atom is -0.308 e. The van der Waals surface area contributed by atoms with Crippen LogP contribution in [-0.4, -0.2) is 16.1 Å². The molecule has 0 atom stereocenters. The average molecular weight is 245 g/mol.